The summed E-state index contributed by atoms with van der Waals surface area (Å²) in [7, 11) is 1.89. The van der Waals surface area contributed by atoms with E-state index in [-0.39, 0.29) is 23.3 Å². The molecule has 1 aromatic rings. The van der Waals surface area contributed by atoms with E-state index in [0.717, 1.165) is 31.7 Å². The Morgan fingerprint density at radius 1 is 1.22 bits per heavy atom. The molecule has 7 heteroatoms. The highest BCUT2D eigenvalue weighted by Crippen LogP contribution is 2.35. The highest BCUT2D eigenvalue weighted by Gasteiger charge is 2.38. The van der Waals surface area contributed by atoms with E-state index in [9.17, 15) is 9.59 Å². The number of hydrogen-bond acceptors (Lipinski definition) is 5. The lowest BCUT2D eigenvalue weighted by Gasteiger charge is -2.38. The zero-order valence-electron chi connectivity index (χ0n) is 16.0. The normalized spacial score (nSPS) is 25.0. The van der Waals surface area contributed by atoms with Gasteiger partial charge in [-0.2, -0.15) is 0 Å². The van der Waals surface area contributed by atoms with E-state index in [0.29, 0.717) is 37.6 Å². The second kappa shape index (κ2) is 7.13. The third kappa shape index (κ3) is 3.41. The first-order valence-electron chi connectivity index (χ1n) is 9.62. The van der Waals surface area contributed by atoms with Crippen molar-refractivity contribution >= 4 is 23.2 Å². The lowest BCUT2D eigenvalue weighted by Crippen LogP contribution is -2.45. The Morgan fingerprint density at radius 3 is 2.78 bits per heavy atom. The smallest absolute Gasteiger partial charge is 0.254 e. The zero-order valence-corrected chi connectivity index (χ0v) is 16.0. The number of carbonyl (C=O) groups excluding carboxylic acids is 2. The standard InChI is InChI=1S/C20H27N3O4/c1-14-18(24)21-16-11-15(3-4-17(16)22(14)2)19(25)23-7-10-27-13-20(12-23)5-8-26-9-6-20/h3-4,11,14H,5-10,12-13H2,1-2H3,(H,21,24). The van der Waals surface area contributed by atoms with Crippen LogP contribution in [0, 0.1) is 5.41 Å². The summed E-state index contributed by atoms with van der Waals surface area (Å²) in [5.41, 5.74) is 2.21. The third-order valence-corrected chi connectivity index (χ3v) is 6.12. The van der Waals surface area contributed by atoms with Gasteiger partial charge in [-0.15, -0.1) is 0 Å². The molecule has 2 amide bonds. The van der Waals surface area contributed by atoms with Crippen molar-refractivity contribution in [3.8, 4) is 0 Å². The molecule has 0 radical (unpaired) electrons. The Bertz CT molecular complexity index is 745. The maximum atomic E-state index is 13.2. The number of benzene rings is 1. The minimum atomic E-state index is -0.227. The number of anilines is 2. The second-order valence-electron chi connectivity index (χ2n) is 7.90. The number of nitrogens with zero attached hydrogens (tertiary/aromatic N) is 2. The molecule has 4 rings (SSSR count). The molecule has 1 unspecified atom stereocenters. The molecule has 146 valence electrons. The van der Waals surface area contributed by atoms with Gasteiger partial charge in [0.25, 0.3) is 5.91 Å². The van der Waals surface area contributed by atoms with Gasteiger partial charge in [-0.1, -0.05) is 0 Å². The van der Waals surface area contributed by atoms with Crippen molar-refractivity contribution in [3.63, 3.8) is 0 Å². The number of nitrogens with one attached hydrogen (secondary N) is 1. The van der Waals surface area contributed by atoms with Crippen LogP contribution in [-0.4, -0.2) is 69.3 Å². The predicted octanol–water partition coefficient (Wildman–Crippen LogP) is 1.73. The van der Waals surface area contributed by atoms with Gasteiger partial charge in [-0.05, 0) is 38.0 Å². The summed E-state index contributed by atoms with van der Waals surface area (Å²) in [6.07, 6.45) is 1.83. The molecular weight excluding hydrogens is 346 g/mol. The average molecular weight is 373 g/mol. The van der Waals surface area contributed by atoms with Crippen LogP contribution in [-0.2, 0) is 14.3 Å². The van der Waals surface area contributed by atoms with Gasteiger partial charge < -0.3 is 24.6 Å². The fourth-order valence-corrected chi connectivity index (χ4v) is 4.15. The Labute approximate surface area is 159 Å². The molecule has 1 spiro atoms. The fraction of sp³-hybridized carbons (Fsp3) is 0.600. The first-order chi connectivity index (χ1) is 13.0. The number of rotatable bonds is 1. The van der Waals surface area contributed by atoms with Gasteiger partial charge in [-0.25, -0.2) is 0 Å². The van der Waals surface area contributed by atoms with Crippen LogP contribution in [0.4, 0.5) is 11.4 Å². The van der Waals surface area contributed by atoms with Crippen LogP contribution < -0.4 is 10.2 Å². The van der Waals surface area contributed by atoms with Gasteiger partial charge in [0, 0.05) is 44.3 Å². The summed E-state index contributed by atoms with van der Waals surface area (Å²) < 4.78 is 11.3. The molecule has 1 N–H and O–H groups in total. The van der Waals surface area contributed by atoms with E-state index in [1.54, 1.807) is 6.07 Å². The van der Waals surface area contributed by atoms with E-state index in [1.165, 1.54) is 0 Å². The van der Waals surface area contributed by atoms with E-state index >= 15 is 0 Å². The van der Waals surface area contributed by atoms with Gasteiger partial charge >= 0.3 is 0 Å². The van der Waals surface area contributed by atoms with Crippen molar-refractivity contribution in [3.05, 3.63) is 23.8 Å². The lowest BCUT2D eigenvalue weighted by atomic mass is 9.80. The average Bonchev–Trinajstić information content (AvgIpc) is 2.88. The molecule has 0 saturated carbocycles. The number of likely N-dealkylation sites (N-methyl/N-ethyl adjacent to an activating group) is 1. The van der Waals surface area contributed by atoms with Crippen LogP contribution in [0.5, 0.6) is 0 Å². The van der Waals surface area contributed by atoms with Gasteiger partial charge in [0.2, 0.25) is 5.91 Å². The van der Waals surface area contributed by atoms with Crippen molar-refractivity contribution in [1.82, 2.24) is 4.90 Å². The zero-order chi connectivity index (χ0) is 19.0. The summed E-state index contributed by atoms with van der Waals surface area (Å²) in [6, 6.07) is 5.33. The van der Waals surface area contributed by atoms with Crippen molar-refractivity contribution in [2.24, 2.45) is 5.41 Å². The van der Waals surface area contributed by atoms with Gasteiger partial charge in [0.05, 0.1) is 24.6 Å². The van der Waals surface area contributed by atoms with Crippen LogP contribution in [0.1, 0.15) is 30.1 Å². The molecule has 7 nitrogen and oxygen atoms in total. The molecule has 3 aliphatic rings. The minimum Gasteiger partial charge on any atom is -0.381 e. The Morgan fingerprint density at radius 2 is 2.00 bits per heavy atom. The van der Waals surface area contributed by atoms with Gasteiger partial charge in [0.15, 0.2) is 0 Å². The molecule has 3 aliphatic heterocycles. The fourth-order valence-electron chi connectivity index (χ4n) is 4.15. The van der Waals surface area contributed by atoms with Crippen molar-refractivity contribution in [2.45, 2.75) is 25.8 Å². The Kier molecular flexibility index (Phi) is 4.82. The van der Waals surface area contributed by atoms with Crippen molar-refractivity contribution in [1.29, 1.82) is 0 Å². The quantitative estimate of drug-likeness (QED) is 0.812. The topological polar surface area (TPSA) is 71.1 Å². The molecule has 1 aromatic carbocycles. The minimum absolute atomic E-state index is 0.00955. The maximum Gasteiger partial charge on any atom is 0.254 e. The maximum absolute atomic E-state index is 13.2. The van der Waals surface area contributed by atoms with E-state index in [4.69, 9.17) is 9.47 Å². The van der Waals surface area contributed by atoms with E-state index < -0.39 is 0 Å². The number of fused-ring (bicyclic) bond motifs is 1. The van der Waals surface area contributed by atoms with Crippen LogP contribution in [0.3, 0.4) is 0 Å². The SMILES string of the molecule is CC1C(=O)Nc2cc(C(=O)N3CCOCC4(CCOCC4)C3)ccc2N1C. The largest absolute Gasteiger partial charge is 0.381 e. The van der Waals surface area contributed by atoms with Gasteiger partial charge in [-0.3, -0.25) is 9.59 Å². The molecule has 2 saturated heterocycles. The molecule has 0 aliphatic carbocycles. The number of hydrogen-bond donors (Lipinski definition) is 1. The number of carbonyl (C=O) groups is 2. The summed E-state index contributed by atoms with van der Waals surface area (Å²) in [4.78, 5) is 29.2. The highest BCUT2D eigenvalue weighted by molar-refractivity contribution is 6.05. The molecular formula is C20H27N3O4. The number of amides is 2. The highest BCUT2D eigenvalue weighted by atomic mass is 16.5. The molecule has 3 heterocycles. The molecule has 0 bridgehead atoms. The molecule has 0 aromatic heterocycles. The molecule has 2 fully saturated rings. The predicted molar refractivity (Wildman–Crippen MR) is 102 cm³/mol. The Balaban J connectivity index is 1.57. The summed E-state index contributed by atoms with van der Waals surface area (Å²) in [6.45, 7) is 5.82. The summed E-state index contributed by atoms with van der Waals surface area (Å²) >= 11 is 0. The molecule has 27 heavy (non-hydrogen) atoms. The van der Waals surface area contributed by atoms with Crippen LogP contribution in [0.25, 0.3) is 0 Å². The summed E-state index contributed by atoms with van der Waals surface area (Å²) in [5, 5.41) is 2.91. The molecule has 1 atom stereocenters. The Hall–Kier alpha value is -2.12. The van der Waals surface area contributed by atoms with E-state index in [2.05, 4.69) is 5.32 Å². The van der Waals surface area contributed by atoms with Crippen LogP contribution in [0.2, 0.25) is 0 Å². The third-order valence-electron chi connectivity index (χ3n) is 6.12. The van der Waals surface area contributed by atoms with Crippen molar-refractivity contribution in [2.75, 3.05) is 56.8 Å². The van der Waals surface area contributed by atoms with Crippen LogP contribution >= 0.6 is 0 Å². The monoisotopic (exact) mass is 373 g/mol. The number of ether oxygens (including phenoxy) is 2. The van der Waals surface area contributed by atoms with Gasteiger partial charge in [0.1, 0.15) is 6.04 Å². The van der Waals surface area contributed by atoms with Crippen molar-refractivity contribution < 1.29 is 19.1 Å². The van der Waals surface area contributed by atoms with Crippen LogP contribution in [0.15, 0.2) is 18.2 Å². The lowest BCUT2D eigenvalue weighted by molar-refractivity contribution is -0.117. The first kappa shape index (κ1) is 18.3. The second-order valence-corrected chi connectivity index (χ2v) is 7.90. The first-order valence-corrected chi connectivity index (χ1v) is 9.62. The summed E-state index contributed by atoms with van der Waals surface area (Å²) in [5.74, 6) is -0.0661. The van der Waals surface area contributed by atoms with E-state index in [1.807, 2.05) is 35.9 Å².